The van der Waals surface area contributed by atoms with Crippen LogP contribution in [0.5, 0.6) is 0 Å². The van der Waals surface area contributed by atoms with Crippen LogP contribution >= 0.6 is 0 Å². The van der Waals surface area contributed by atoms with Crippen LogP contribution in [0.25, 0.3) is 0 Å². The van der Waals surface area contributed by atoms with Crippen molar-refractivity contribution in [2.24, 2.45) is 5.92 Å². The summed E-state index contributed by atoms with van der Waals surface area (Å²) in [5.74, 6) is 0.343. The molecular weight excluding hydrogens is 340 g/mol. The van der Waals surface area contributed by atoms with Gasteiger partial charge in [0.15, 0.2) is 6.29 Å². The number of rotatable bonds is 16. The fourth-order valence-electron chi connectivity index (χ4n) is 3.66. The third-order valence-electron chi connectivity index (χ3n) is 5.51. The van der Waals surface area contributed by atoms with E-state index < -0.39 is 0 Å². The van der Waals surface area contributed by atoms with Crippen molar-refractivity contribution in [1.29, 1.82) is 0 Å². The summed E-state index contributed by atoms with van der Waals surface area (Å²) >= 11 is 0. The molecule has 1 aliphatic rings. The molecule has 0 aromatic rings. The molecular formula is C23H44O4. The minimum atomic E-state index is -0.240. The summed E-state index contributed by atoms with van der Waals surface area (Å²) in [6, 6.07) is 0. The fourth-order valence-corrected chi connectivity index (χ4v) is 3.66. The van der Waals surface area contributed by atoms with E-state index >= 15 is 0 Å². The van der Waals surface area contributed by atoms with Crippen LogP contribution in [0.3, 0.4) is 0 Å². The maximum atomic E-state index is 12.0. The molecule has 4 heteroatoms. The molecule has 4 nitrogen and oxygen atoms in total. The Kier molecular flexibility index (Phi) is 14.8. The Labute approximate surface area is 167 Å². The summed E-state index contributed by atoms with van der Waals surface area (Å²) in [6.45, 7) is 7.58. The molecule has 1 heterocycles. The summed E-state index contributed by atoms with van der Waals surface area (Å²) in [7, 11) is 0. The number of hydrogen-bond donors (Lipinski definition) is 0. The van der Waals surface area contributed by atoms with Gasteiger partial charge in [-0.2, -0.15) is 0 Å². The highest BCUT2D eigenvalue weighted by atomic mass is 16.7. The van der Waals surface area contributed by atoms with Crippen LogP contribution in [0.1, 0.15) is 111 Å². The first kappa shape index (κ1) is 24.4. The van der Waals surface area contributed by atoms with E-state index in [9.17, 15) is 4.79 Å². The monoisotopic (exact) mass is 384 g/mol. The molecule has 0 aliphatic carbocycles. The lowest BCUT2D eigenvalue weighted by atomic mass is 9.98. The van der Waals surface area contributed by atoms with E-state index in [1.54, 1.807) is 0 Å². The van der Waals surface area contributed by atoms with Crippen LogP contribution in [0, 0.1) is 5.92 Å². The summed E-state index contributed by atoms with van der Waals surface area (Å²) < 4.78 is 17.2. The molecule has 0 aromatic carbocycles. The zero-order valence-electron chi connectivity index (χ0n) is 18.2. The predicted octanol–water partition coefficient (Wildman–Crippen LogP) is 6.41. The summed E-state index contributed by atoms with van der Waals surface area (Å²) in [4.78, 5) is 12.0. The smallest absolute Gasteiger partial charge is 0.306 e. The minimum Gasteiger partial charge on any atom is -0.457 e. The topological polar surface area (TPSA) is 44.8 Å². The van der Waals surface area contributed by atoms with Gasteiger partial charge in [-0.25, -0.2) is 0 Å². The zero-order valence-corrected chi connectivity index (χ0v) is 18.2. The molecule has 1 unspecified atom stereocenters. The Morgan fingerprint density at radius 2 is 1.41 bits per heavy atom. The molecule has 0 aromatic heterocycles. The first-order valence-corrected chi connectivity index (χ1v) is 11.6. The van der Waals surface area contributed by atoms with Crippen molar-refractivity contribution in [1.82, 2.24) is 0 Å². The molecule has 1 rings (SSSR count). The second-order valence-electron chi connectivity index (χ2n) is 8.04. The standard InChI is InChI=1S/C23H44O4/c1-4-7-9-10-11-12-13-14-15-17-22(24)27-21-18-25-23(26-19-21)20(6-3)16-8-5-2/h20-21,23H,4-19H2,1-3H3. The molecule has 1 atom stereocenters. The van der Waals surface area contributed by atoms with Crippen LogP contribution in [0.15, 0.2) is 0 Å². The first-order chi connectivity index (χ1) is 13.2. The third-order valence-corrected chi connectivity index (χ3v) is 5.51. The first-order valence-electron chi connectivity index (χ1n) is 11.6. The Hall–Kier alpha value is -0.610. The van der Waals surface area contributed by atoms with Crippen molar-refractivity contribution in [3.8, 4) is 0 Å². The summed E-state index contributed by atoms with van der Waals surface area (Å²) in [5, 5.41) is 0. The van der Waals surface area contributed by atoms with Crippen LogP contribution in [0.2, 0.25) is 0 Å². The normalized spacial score (nSPS) is 21.1. The quantitative estimate of drug-likeness (QED) is 0.228. The molecule has 27 heavy (non-hydrogen) atoms. The summed E-state index contributed by atoms with van der Waals surface area (Å²) in [6.07, 6.45) is 16.1. The van der Waals surface area contributed by atoms with Gasteiger partial charge in [-0.3, -0.25) is 4.79 Å². The predicted molar refractivity (Wildman–Crippen MR) is 111 cm³/mol. The maximum absolute atomic E-state index is 12.0. The lowest BCUT2D eigenvalue weighted by Gasteiger charge is -2.33. The molecule has 0 spiro atoms. The van der Waals surface area contributed by atoms with Crippen LogP contribution in [0.4, 0.5) is 0 Å². The highest BCUT2D eigenvalue weighted by molar-refractivity contribution is 5.69. The van der Waals surface area contributed by atoms with Crippen molar-refractivity contribution in [2.75, 3.05) is 13.2 Å². The molecule has 0 amide bonds. The lowest BCUT2D eigenvalue weighted by molar-refractivity contribution is -0.245. The lowest BCUT2D eigenvalue weighted by Crippen LogP contribution is -2.41. The largest absolute Gasteiger partial charge is 0.457 e. The molecule has 0 N–H and O–H groups in total. The Bertz CT molecular complexity index is 350. The van der Waals surface area contributed by atoms with Crippen molar-refractivity contribution in [3.63, 3.8) is 0 Å². The highest BCUT2D eigenvalue weighted by Gasteiger charge is 2.29. The fraction of sp³-hybridized carbons (Fsp3) is 0.957. The van der Waals surface area contributed by atoms with Crippen LogP contribution in [-0.2, 0) is 19.0 Å². The second kappa shape index (κ2) is 16.4. The average molecular weight is 385 g/mol. The third kappa shape index (κ3) is 11.7. The van der Waals surface area contributed by atoms with Gasteiger partial charge in [0.05, 0.1) is 13.2 Å². The molecule has 160 valence electrons. The SMILES string of the molecule is CCCCCCCCCCCC(=O)OC1COC(C(CC)CCCC)OC1. The van der Waals surface area contributed by atoms with Crippen molar-refractivity contribution in [2.45, 2.75) is 123 Å². The van der Waals surface area contributed by atoms with E-state index in [1.807, 2.05) is 0 Å². The van der Waals surface area contributed by atoms with Gasteiger partial charge in [0.1, 0.15) is 6.10 Å². The van der Waals surface area contributed by atoms with Gasteiger partial charge in [0.25, 0.3) is 0 Å². The van der Waals surface area contributed by atoms with Crippen molar-refractivity contribution in [3.05, 3.63) is 0 Å². The van der Waals surface area contributed by atoms with Gasteiger partial charge in [-0.15, -0.1) is 0 Å². The Morgan fingerprint density at radius 1 is 0.852 bits per heavy atom. The van der Waals surface area contributed by atoms with Gasteiger partial charge in [0.2, 0.25) is 0 Å². The molecule has 1 aliphatic heterocycles. The van der Waals surface area contributed by atoms with Crippen molar-refractivity contribution >= 4 is 5.97 Å². The Balaban J connectivity index is 2.03. The van der Waals surface area contributed by atoms with E-state index in [1.165, 1.54) is 57.8 Å². The van der Waals surface area contributed by atoms with Gasteiger partial charge in [-0.05, 0) is 19.3 Å². The van der Waals surface area contributed by atoms with Crippen LogP contribution < -0.4 is 0 Å². The number of hydrogen-bond acceptors (Lipinski definition) is 4. The maximum Gasteiger partial charge on any atom is 0.306 e. The van der Waals surface area contributed by atoms with Gasteiger partial charge >= 0.3 is 5.97 Å². The van der Waals surface area contributed by atoms with E-state index in [2.05, 4.69) is 20.8 Å². The number of esters is 1. The van der Waals surface area contributed by atoms with Gasteiger partial charge < -0.3 is 14.2 Å². The number of ether oxygens (including phenoxy) is 3. The number of unbranched alkanes of at least 4 members (excludes halogenated alkanes) is 9. The zero-order chi connectivity index (χ0) is 19.7. The molecule has 1 fully saturated rings. The Morgan fingerprint density at radius 3 is 1.96 bits per heavy atom. The van der Waals surface area contributed by atoms with E-state index in [0.29, 0.717) is 25.6 Å². The minimum absolute atomic E-state index is 0.105. The van der Waals surface area contributed by atoms with Gasteiger partial charge in [-0.1, -0.05) is 85.0 Å². The molecule has 1 saturated heterocycles. The van der Waals surface area contributed by atoms with Crippen LogP contribution in [-0.4, -0.2) is 31.6 Å². The van der Waals surface area contributed by atoms with E-state index in [-0.39, 0.29) is 18.4 Å². The van der Waals surface area contributed by atoms with E-state index in [0.717, 1.165) is 25.7 Å². The highest BCUT2D eigenvalue weighted by Crippen LogP contribution is 2.24. The second-order valence-corrected chi connectivity index (χ2v) is 8.04. The number of carbonyl (C=O) groups excluding carboxylic acids is 1. The molecule has 0 radical (unpaired) electrons. The molecule has 0 bridgehead atoms. The van der Waals surface area contributed by atoms with E-state index in [4.69, 9.17) is 14.2 Å². The average Bonchev–Trinajstić information content (AvgIpc) is 2.68. The van der Waals surface area contributed by atoms with Gasteiger partial charge in [0, 0.05) is 12.3 Å². The number of carbonyl (C=O) groups is 1. The summed E-state index contributed by atoms with van der Waals surface area (Å²) in [5.41, 5.74) is 0. The molecule has 0 saturated carbocycles. The van der Waals surface area contributed by atoms with Crippen molar-refractivity contribution < 1.29 is 19.0 Å².